The van der Waals surface area contributed by atoms with Crippen molar-refractivity contribution in [2.75, 3.05) is 13.2 Å². The van der Waals surface area contributed by atoms with Gasteiger partial charge in [-0.15, -0.1) is 0 Å². The van der Waals surface area contributed by atoms with Gasteiger partial charge in [-0.3, -0.25) is 0 Å². The smallest absolute Gasteiger partial charge is 0.0717 e. The first-order valence-corrected chi connectivity index (χ1v) is 6.95. The number of rotatable bonds is 7. The number of nitrogens with one attached hydrogen (secondary N) is 1. The molecule has 0 saturated heterocycles. The van der Waals surface area contributed by atoms with Crippen LogP contribution < -0.4 is 5.32 Å². The first kappa shape index (κ1) is 13.6. The summed E-state index contributed by atoms with van der Waals surface area (Å²) < 4.78 is 5.82. The molecular weight excluding hydrogens is 222 g/mol. The zero-order valence-corrected chi connectivity index (χ0v) is 11.8. The highest BCUT2D eigenvalue weighted by Crippen LogP contribution is 2.51. The fourth-order valence-corrected chi connectivity index (χ4v) is 2.31. The molecule has 18 heavy (non-hydrogen) atoms. The zero-order chi connectivity index (χ0) is 13.0. The highest BCUT2D eigenvalue weighted by atomic mass is 16.5. The Bertz CT molecular complexity index is 363. The fourth-order valence-electron chi connectivity index (χ4n) is 2.31. The minimum Gasteiger partial charge on any atom is -0.376 e. The number of benzene rings is 1. The molecule has 2 atom stereocenters. The van der Waals surface area contributed by atoms with E-state index < -0.39 is 0 Å². The van der Waals surface area contributed by atoms with Crippen LogP contribution in [0.3, 0.4) is 0 Å². The molecule has 0 unspecified atom stereocenters. The van der Waals surface area contributed by atoms with Gasteiger partial charge in [-0.2, -0.15) is 0 Å². The van der Waals surface area contributed by atoms with Gasteiger partial charge in [-0.1, -0.05) is 51.1 Å². The van der Waals surface area contributed by atoms with Gasteiger partial charge in [-0.25, -0.2) is 0 Å². The van der Waals surface area contributed by atoms with Crippen LogP contribution in [0.1, 0.15) is 32.8 Å². The second kappa shape index (κ2) is 5.85. The minimum absolute atomic E-state index is 0.459. The topological polar surface area (TPSA) is 21.3 Å². The van der Waals surface area contributed by atoms with Crippen molar-refractivity contribution in [3.63, 3.8) is 0 Å². The molecule has 2 nitrogen and oxygen atoms in total. The van der Waals surface area contributed by atoms with Crippen molar-refractivity contribution in [2.24, 2.45) is 11.3 Å². The van der Waals surface area contributed by atoms with Gasteiger partial charge in [-0.05, 0) is 23.3 Å². The van der Waals surface area contributed by atoms with Crippen molar-refractivity contribution >= 4 is 0 Å². The molecule has 1 aromatic carbocycles. The molecular formula is C16H25NO. The largest absolute Gasteiger partial charge is 0.376 e. The number of hydrogen-bond donors (Lipinski definition) is 1. The Kier molecular flexibility index (Phi) is 4.41. The van der Waals surface area contributed by atoms with E-state index in [1.807, 2.05) is 6.07 Å². The molecule has 0 heterocycles. The average molecular weight is 247 g/mol. The Balaban J connectivity index is 1.64. The van der Waals surface area contributed by atoms with E-state index in [1.54, 1.807) is 0 Å². The predicted molar refractivity (Wildman–Crippen MR) is 75.5 cm³/mol. The maximum absolute atomic E-state index is 5.82. The lowest BCUT2D eigenvalue weighted by molar-refractivity contribution is 0.102. The summed E-state index contributed by atoms with van der Waals surface area (Å²) >= 11 is 0. The van der Waals surface area contributed by atoms with Crippen LogP contribution in [0.5, 0.6) is 0 Å². The van der Waals surface area contributed by atoms with E-state index in [4.69, 9.17) is 4.74 Å². The molecule has 1 fully saturated rings. The second-order valence-electron chi connectivity index (χ2n) is 6.09. The van der Waals surface area contributed by atoms with Gasteiger partial charge in [0.15, 0.2) is 0 Å². The van der Waals surface area contributed by atoms with E-state index in [-0.39, 0.29) is 0 Å². The molecule has 0 aliphatic heterocycles. The highest BCUT2D eigenvalue weighted by Gasteiger charge is 2.49. The third-order valence-corrected chi connectivity index (χ3v) is 3.88. The third kappa shape index (κ3) is 3.82. The van der Waals surface area contributed by atoms with E-state index in [2.05, 4.69) is 50.4 Å². The second-order valence-corrected chi connectivity index (χ2v) is 6.09. The van der Waals surface area contributed by atoms with Crippen molar-refractivity contribution in [3.8, 4) is 0 Å². The summed E-state index contributed by atoms with van der Waals surface area (Å²) in [5, 5.41) is 3.53. The number of hydrogen-bond acceptors (Lipinski definition) is 2. The molecule has 0 amide bonds. The zero-order valence-electron chi connectivity index (χ0n) is 11.8. The van der Waals surface area contributed by atoms with Crippen LogP contribution in [0.2, 0.25) is 0 Å². The minimum atomic E-state index is 0.459. The summed E-state index contributed by atoms with van der Waals surface area (Å²) in [5.74, 6) is 0.729. The Hall–Kier alpha value is -0.860. The molecule has 2 rings (SSSR count). The van der Waals surface area contributed by atoms with Gasteiger partial charge in [0.1, 0.15) is 0 Å². The summed E-state index contributed by atoms with van der Waals surface area (Å²) in [6.45, 7) is 9.51. The normalized spacial score (nSPS) is 26.6. The van der Waals surface area contributed by atoms with Crippen LogP contribution in [-0.4, -0.2) is 19.2 Å². The monoisotopic (exact) mass is 247 g/mol. The van der Waals surface area contributed by atoms with E-state index in [0.29, 0.717) is 11.5 Å². The highest BCUT2D eigenvalue weighted by molar-refractivity contribution is 5.13. The predicted octanol–water partition coefficient (Wildman–Crippen LogP) is 3.23. The molecule has 1 N–H and O–H groups in total. The lowest BCUT2D eigenvalue weighted by Gasteiger charge is -2.15. The lowest BCUT2D eigenvalue weighted by Crippen LogP contribution is -2.29. The molecule has 1 aromatic rings. The molecule has 1 aliphatic rings. The Morgan fingerprint density at radius 1 is 1.33 bits per heavy atom. The van der Waals surface area contributed by atoms with Crippen LogP contribution in [0, 0.1) is 11.3 Å². The summed E-state index contributed by atoms with van der Waals surface area (Å²) in [6, 6.07) is 11.0. The molecule has 1 saturated carbocycles. The van der Waals surface area contributed by atoms with Crippen LogP contribution in [0.4, 0.5) is 0 Å². The van der Waals surface area contributed by atoms with Gasteiger partial charge >= 0.3 is 0 Å². The van der Waals surface area contributed by atoms with Gasteiger partial charge in [0, 0.05) is 12.6 Å². The Morgan fingerprint density at radius 2 is 2.06 bits per heavy atom. The van der Waals surface area contributed by atoms with E-state index in [0.717, 1.165) is 25.7 Å². The van der Waals surface area contributed by atoms with Gasteiger partial charge in [0.25, 0.3) is 0 Å². The quantitative estimate of drug-likeness (QED) is 0.798. The average Bonchev–Trinajstić information content (AvgIpc) is 3.00. The SMILES string of the molecule is CC(C)NC[C@]1(C)C[C@@H]1COCc1ccccc1. The summed E-state index contributed by atoms with van der Waals surface area (Å²) in [4.78, 5) is 0. The third-order valence-electron chi connectivity index (χ3n) is 3.88. The van der Waals surface area contributed by atoms with Crippen molar-refractivity contribution in [1.29, 1.82) is 0 Å². The van der Waals surface area contributed by atoms with Gasteiger partial charge in [0.2, 0.25) is 0 Å². The van der Waals surface area contributed by atoms with Crippen LogP contribution in [-0.2, 0) is 11.3 Å². The summed E-state index contributed by atoms with van der Waals surface area (Å²) in [6.07, 6.45) is 1.29. The maximum atomic E-state index is 5.82. The first-order valence-electron chi connectivity index (χ1n) is 6.95. The Labute approximate surface area is 111 Å². The van der Waals surface area contributed by atoms with Crippen molar-refractivity contribution in [1.82, 2.24) is 5.32 Å². The fraction of sp³-hybridized carbons (Fsp3) is 0.625. The molecule has 0 radical (unpaired) electrons. The van der Waals surface area contributed by atoms with Crippen LogP contribution in [0.25, 0.3) is 0 Å². The standard InChI is InChI=1S/C16H25NO/c1-13(2)17-12-16(3)9-15(16)11-18-10-14-7-5-4-6-8-14/h4-8,13,15,17H,9-12H2,1-3H3/t15-,16+/m1/s1. The van der Waals surface area contributed by atoms with Gasteiger partial charge < -0.3 is 10.1 Å². The van der Waals surface area contributed by atoms with E-state index in [9.17, 15) is 0 Å². The number of ether oxygens (including phenoxy) is 1. The van der Waals surface area contributed by atoms with E-state index in [1.165, 1.54) is 12.0 Å². The van der Waals surface area contributed by atoms with Crippen LogP contribution in [0.15, 0.2) is 30.3 Å². The summed E-state index contributed by atoms with van der Waals surface area (Å²) in [5.41, 5.74) is 1.72. The molecule has 0 bridgehead atoms. The molecule has 0 aromatic heterocycles. The molecule has 2 heteroatoms. The van der Waals surface area contributed by atoms with Crippen molar-refractivity contribution < 1.29 is 4.74 Å². The van der Waals surface area contributed by atoms with Crippen molar-refractivity contribution in [3.05, 3.63) is 35.9 Å². The molecule has 100 valence electrons. The van der Waals surface area contributed by atoms with Gasteiger partial charge in [0.05, 0.1) is 13.2 Å². The summed E-state index contributed by atoms with van der Waals surface area (Å²) in [7, 11) is 0. The van der Waals surface area contributed by atoms with Crippen LogP contribution >= 0.6 is 0 Å². The Morgan fingerprint density at radius 3 is 2.72 bits per heavy atom. The first-order chi connectivity index (χ1) is 8.60. The van der Waals surface area contributed by atoms with E-state index >= 15 is 0 Å². The van der Waals surface area contributed by atoms with Crippen molar-refractivity contribution in [2.45, 2.75) is 39.8 Å². The lowest BCUT2D eigenvalue weighted by atomic mass is 10.1. The maximum Gasteiger partial charge on any atom is 0.0717 e. The molecule has 1 aliphatic carbocycles. The molecule has 0 spiro atoms.